The van der Waals surface area contributed by atoms with Crippen molar-refractivity contribution >= 4 is 22.2 Å². The number of rotatable bonds is 4. The zero-order chi connectivity index (χ0) is 14.8. The molecule has 0 aliphatic rings. The number of fused-ring (bicyclic) bond motifs is 1. The summed E-state index contributed by atoms with van der Waals surface area (Å²) in [6.07, 6.45) is 0. The van der Waals surface area contributed by atoms with E-state index in [-0.39, 0.29) is 11.6 Å². The molecule has 2 aromatic heterocycles. The zero-order valence-corrected chi connectivity index (χ0v) is 12.9. The monoisotopic (exact) mass is 300 g/mol. The Balaban J connectivity index is 1.90. The number of hydrogen-bond donors (Lipinski definition) is 2. The van der Waals surface area contributed by atoms with Crippen LogP contribution in [0.15, 0.2) is 46.6 Å². The molecule has 4 nitrogen and oxygen atoms in total. The highest BCUT2D eigenvalue weighted by atomic mass is 32.1. The molecule has 5 heteroatoms. The average Bonchev–Trinajstić information content (AvgIpc) is 2.99. The summed E-state index contributed by atoms with van der Waals surface area (Å²) in [7, 11) is 2.12. The van der Waals surface area contributed by atoms with Gasteiger partial charge in [0.15, 0.2) is 5.82 Å². The number of nitrogens with one attached hydrogen (secondary N) is 2. The summed E-state index contributed by atoms with van der Waals surface area (Å²) in [5, 5.41) is 2.73. The summed E-state index contributed by atoms with van der Waals surface area (Å²) in [4.78, 5) is 22.3. The number of para-hydroxylation sites is 1. The third-order valence-electron chi connectivity index (χ3n) is 3.81. The van der Waals surface area contributed by atoms with Crippen LogP contribution in [-0.4, -0.2) is 17.0 Å². The molecule has 0 saturated carbocycles. The Kier molecular flexibility index (Phi) is 3.86. The number of hydrogen-bond acceptors (Lipinski definition) is 3. The highest BCUT2D eigenvalue weighted by Gasteiger charge is 2.19. The number of H-pyrrole nitrogens is 1. The fraction of sp³-hybridized carbons (Fsp3) is 0.250. The van der Waals surface area contributed by atoms with Crippen LogP contribution in [0.2, 0.25) is 0 Å². The quantitative estimate of drug-likeness (QED) is 0.771. The molecule has 0 saturated heterocycles. The van der Waals surface area contributed by atoms with E-state index >= 15 is 0 Å². The van der Waals surface area contributed by atoms with Crippen LogP contribution < -0.4 is 10.5 Å². The number of quaternary nitrogens is 1. The van der Waals surface area contributed by atoms with Gasteiger partial charge in [-0.1, -0.05) is 18.2 Å². The molecule has 108 valence electrons. The van der Waals surface area contributed by atoms with E-state index in [4.69, 9.17) is 0 Å². The predicted octanol–water partition coefficient (Wildman–Crippen LogP) is 1.76. The minimum absolute atomic E-state index is 0.0635. The fourth-order valence-corrected chi connectivity index (χ4v) is 3.18. The molecule has 2 N–H and O–H groups in total. The SMILES string of the molecule is C[C@H](c1nc2ccccc2c(=O)[nH]1)[NH+](C)Cc1cccs1. The zero-order valence-electron chi connectivity index (χ0n) is 12.1. The van der Waals surface area contributed by atoms with E-state index in [1.54, 1.807) is 17.4 Å². The van der Waals surface area contributed by atoms with Crippen molar-refractivity contribution in [3.63, 3.8) is 0 Å². The second-order valence-corrected chi connectivity index (χ2v) is 6.32. The van der Waals surface area contributed by atoms with Gasteiger partial charge in [-0.15, -0.1) is 11.3 Å². The van der Waals surface area contributed by atoms with Crippen LogP contribution in [0.4, 0.5) is 0 Å². The van der Waals surface area contributed by atoms with Crippen LogP contribution in [0.3, 0.4) is 0 Å². The minimum atomic E-state index is -0.0635. The molecule has 2 heterocycles. The van der Waals surface area contributed by atoms with Crippen molar-refractivity contribution in [1.29, 1.82) is 0 Å². The molecule has 2 atom stereocenters. The van der Waals surface area contributed by atoms with E-state index in [0.717, 1.165) is 17.9 Å². The van der Waals surface area contributed by atoms with E-state index in [9.17, 15) is 4.79 Å². The molecule has 3 aromatic rings. The lowest BCUT2D eigenvalue weighted by Crippen LogP contribution is -3.07. The molecule has 0 radical (unpaired) electrons. The largest absolute Gasteiger partial charge is 0.324 e. The third-order valence-corrected chi connectivity index (χ3v) is 4.69. The van der Waals surface area contributed by atoms with Crippen molar-refractivity contribution in [2.24, 2.45) is 0 Å². The molecule has 0 aliphatic heterocycles. The van der Waals surface area contributed by atoms with Gasteiger partial charge in [0.25, 0.3) is 5.56 Å². The number of thiophene rings is 1. The lowest BCUT2D eigenvalue weighted by molar-refractivity contribution is -0.924. The van der Waals surface area contributed by atoms with Crippen molar-refractivity contribution in [2.45, 2.75) is 19.5 Å². The van der Waals surface area contributed by atoms with Crippen LogP contribution in [0.5, 0.6) is 0 Å². The highest BCUT2D eigenvalue weighted by molar-refractivity contribution is 7.09. The second-order valence-electron chi connectivity index (χ2n) is 5.29. The molecule has 0 spiro atoms. The van der Waals surface area contributed by atoms with Gasteiger partial charge in [0.1, 0.15) is 12.6 Å². The van der Waals surface area contributed by atoms with Gasteiger partial charge in [0.05, 0.1) is 22.8 Å². The first-order valence-corrected chi connectivity index (χ1v) is 7.87. The summed E-state index contributed by atoms with van der Waals surface area (Å²) < 4.78 is 0. The summed E-state index contributed by atoms with van der Waals surface area (Å²) >= 11 is 1.76. The Morgan fingerprint density at radius 3 is 2.86 bits per heavy atom. The van der Waals surface area contributed by atoms with E-state index in [0.29, 0.717) is 5.39 Å². The summed E-state index contributed by atoms with van der Waals surface area (Å²) in [5.41, 5.74) is 0.693. The highest BCUT2D eigenvalue weighted by Crippen LogP contribution is 2.10. The Hall–Kier alpha value is -1.98. The minimum Gasteiger partial charge on any atom is -0.324 e. The Labute approximate surface area is 127 Å². The molecule has 1 aromatic carbocycles. The van der Waals surface area contributed by atoms with E-state index in [1.165, 1.54) is 9.78 Å². The topological polar surface area (TPSA) is 50.2 Å². The number of aromatic nitrogens is 2. The molecule has 0 amide bonds. The first kappa shape index (κ1) is 14.0. The van der Waals surface area contributed by atoms with Gasteiger partial charge in [-0.3, -0.25) is 4.79 Å². The Morgan fingerprint density at radius 1 is 1.29 bits per heavy atom. The van der Waals surface area contributed by atoms with Crippen molar-refractivity contribution in [1.82, 2.24) is 9.97 Å². The first-order valence-electron chi connectivity index (χ1n) is 6.99. The van der Waals surface area contributed by atoms with Crippen LogP contribution in [-0.2, 0) is 6.54 Å². The average molecular weight is 300 g/mol. The molecule has 1 unspecified atom stereocenters. The summed E-state index contributed by atoms with van der Waals surface area (Å²) in [6.45, 7) is 3.02. The molecule has 0 bridgehead atoms. The van der Waals surface area contributed by atoms with Gasteiger partial charge < -0.3 is 9.88 Å². The Bertz CT molecular complexity index is 795. The van der Waals surface area contributed by atoms with Gasteiger partial charge in [-0.05, 0) is 30.5 Å². The van der Waals surface area contributed by atoms with Gasteiger partial charge in [0, 0.05) is 0 Å². The van der Waals surface area contributed by atoms with Gasteiger partial charge >= 0.3 is 0 Å². The summed E-state index contributed by atoms with van der Waals surface area (Å²) in [6, 6.07) is 11.8. The van der Waals surface area contributed by atoms with E-state index in [1.807, 2.05) is 18.2 Å². The third kappa shape index (κ3) is 2.89. The maximum Gasteiger partial charge on any atom is 0.258 e. The second kappa shape index (κ2) is 5.79. The maximum atomic E-state index is 12.1. The lowest BCUT2D eigenvalue weighted by Gasteiger charge is -2.20. The van der Waals surface area contributed by atoms with Crippen LogP contribution in [0, 0.1) is 0 Å². The van der Waals surface area contributed by atoms with Crippen molar-refractivity contribution < 1.29 is 4.90 Å². The van der Waals surface area contributed by atoms with Gasteiger partial charge in [-0.25, -0.2) is 4.98 Å². The number of benzene rings is 1. The van der Waals surface area contributed by atoms with E-state index < -0.39 is 0 Å². The fourth-order valence-electron chi connectivity index (χ4n) is 2.38. The molecule has 21 heavy (non-hydrogen) atoms. The molecular formula is C16H18N3OS+. The maximum absolute atomic E-state index is 12.1. The van der Waals surface area contributed by atoms with Crippen molar-refractivity contribution in [3.8, 4) is 0 Å². The van der Waals surface area contributed by atoms with E-state index in [2.05, 4.69) is 41.5 Å². The summed E-state index contributed by atoms with van der Waals surface area (Å²) in [5.74, 6) is 0.743. The molecule has 0 fully saturated rings. The molecule has 3 rings (SSSR count). The smallest absolute Gasteiger partial charge is 0.258 e. The standard InChI is InChI=1S/C16H17N3OS/c1-11(19(2)10-12-6-5-9-21-12)15-17-14-8-4-3-7-13(14)16(20)18-15/h3-9,11H,10H2,1-2H3,(H,17,18,20)/p+1/t11-/m1/s1. The predicted molar refractivity (Wildman–Crippen MR) is 85.7 cm³/mol. The van der Waals surface area contributed by atoms with Crippen LogP contribution >= 0.6 is 11.3 Å². The van der Waals surface area contributed by atoms with Gasteiger partial charge in [0.2, 0.25) is 0 Å². The Morgan fingerprint density at radius 2 is 2.10 bits per heavy atom. The first-order chi connectivity index (χ1) is 10.1. The van der Waals surface area contributed by atoms with Crippen molar-refractivity contribution in [2.75, 3.05) is 7.05 Å². The van der Waals surface area contributed by atoms with Crippen LogP contribution in [0.1, 0.15) is 23.7 Å². The van der Waals surface area contributed by atoms with Gasteiger partial charge in [-0.2, -0.15) is 0 Å². The normalized spacial score (nSPS) is 14.2. The molecule has 0 aliphatic carbocycles. The number of nitrogens with zero attached hydrogens (tertiary/aromatic N) is 1. The number of aromatic amines is 1. The van der Waals surface area contributed by atoms with Crippen molar-refractivity contribution in [3.05, 3.63) is 62.8 Å². The van der Waals surface area contributed by atoms with Crippen LogP contribution in [0.25, 0.3) is 10.9 Å². The lowest BCUT2D eigenvalue weighted by atomic mass is 10.2. The molecular weight excluding hydrogens is 282 g/mol.